The van der Waals surface area contributed by atoms with Gasteiger partial charge in [0.1, 0.15) is 0 Å². The Morgan fingerprint density at radius 3 is 2.58 bits per heavy atom. The van der Waals surface area contributed by atoms with E-state index >= 15 is 0 Å². The van der Waals surface area contributed by atoms with Crippen LogP contribution in [0.5, 0.6) is 0 Å². The highest BCUT2D eigenvalue weighted by atomic mass is 79.9. The van der Waals surface area contributed by atoms with Crippen LogP contribution in [0.1, 0.15) is 12.8 Å². The summed E-state index contributed by atoms with van der Waals surface area (Å²) in [6.45, 7) is 0. The number of allylic oxidation sites excluding steroid dienone is 8. The highest BCUT2D eigenvalue weighted by Gasteiger charge is 1.90. The van der Waals surface area contributed by atoms with E-state index in [1.165, 1.54) is 12.0 Å². The van der Waals surface area contributed by atoms with Gasteiger partial charge in [0.25, 0.3) is 0 Å². The molecule has 0 aromatic heterocycles. The maximum atomic E-state index is 3.43. The van der Waals surface area contributed by atoms with E-state index in [-0.39, 0.29) is 0 Å². The van der Waals surface area contributed by atoms with Crippen LogP contribution in [0.3, 0.4) is 0 Å². The van der Waals surface area contributed by atoms with E-state index in [2.05, 4.69) is 52.4 Å². The van der Waals surface area contributed by atoms with Gasteiger partial charge in [-0.1, -0.05) is 58.5 Å². The number of hydrogen-bond acceptors (Lipinski definition) is 0. The van der Waals surface area contributed by atoms with E-state index in [4.69, 9.17) is 0 Å². The lowest BCUT2D eigenvalue weighted by Gasteiger charge is -1.98. The topological polar surface area (TPSA) is 0 Å². The van der Waals surface area contributed by atoms with Gasteiger partial charge in [-0.15, -0.1) is 0 Å². The first-order chi connectivity index (χ1) is 5.93. The second kappa shape index (κ2) is 6.01. The van der Waals surface area contributed by atoms with Gasteiger partial charge in [-0.05, 0) is 18.4 Å². The SMILES string of the molecule is BrCCCC1=C/C=C\C=C/C=C\1. The zero-order chi connectivity index (χ0) is 8.65. The fourth-order valence-electron chi connectivity index (χ4n) is 1.04. The van der Waals surface area contributed by atoms with Gasteiger partial charge in [-0.25, -0.2) is 0 Å². The van der Waals surface area contributed by atoms with Crippen molar-refractivity contribution in [1.29, 1.82) is 0 Å². The third kappa shape index (κ3) is 3.72. The van der Waals surface area contributed by atoms with Gasteiger partial charge in [0.2, 0.25) is 0 Å². The molecule has 0 N–H and O–H groups in total. The molecule has 0 bridgehead atoms. The minimum atomic E-state index is 1.08. The summed E-state index contributed by atoms with van der Waals surface area (Å²) in [5.41, 5.74) is 1.40. The predicted molar refractivity (Wildman–Crippen MR) is 58.5 cm³/mol. The third-order valence-electron chi connectivity index (χ3n) is 1.66. The van der Waals surface area contributed by atoms with Crippen LogP contribution in [-0.2, 0) is 0 Å². The Balaban J connectivity index is 2.50. The Kier molecular flexibility index (Phi) is 4.77. The fraction of sp³-hybridized carbons (Fsp3) is 0.273. The molecule has 0 aromatic carbocycles. The average molecular weight is 225 g/mol. The van der Waals surface area contributed by atoms with Crippen molar-refractivity contribution in [3.8, 4) is 0 Å². The van der Waals surface area contributed by atoms with Crippen molar-refractivity contribution in [3.63, 3.8) is 0 Å². The lowest BCUT2D eigenvalue weighted by atomic mass is 10.1. The van der Waals surface area contributed by atoms with Crippen molar-refractivity contribution >= 4 is 15.9 Å². The largest absolute Gasteiger partial charge is 0.0928 e. The molecule has 0 amide bonds. The van der Waals surface area contributed by atoms with Crippen LogP contribution < -0.4 is 0 Å². The first-order valence-corrected chi connectivity index (χ1v) is 5.32. The molecule has 12 heavy (non-hydrogen) atoms. The highest BCUT2D eigenvalue weighted by molar-refractivity contribution is 9.09. The lowest BCUT2D eigenvalue weighted by Crippen LogP contribution is -1.81. The summed E-state index contributed by atoms with van der Waals surface area (Å²) in [6, 6.07) is 0. The van der Waals surface area contributed by atoms with E-state index in [1.807, 2.05) is 6.08 Å². The van der Waals surface area contributed by atoms with Crippen molar-refractivity contribution in [1.82, 2.24) is 0 Å². The number of rotatable bonds is 3. The van der Waals surface area contributed by atoms with Gasteiger partial charge in [-0.3, -0.25) is 0 Å². The number of hydrogen-bond donors (Lipinski definition) is 0. The van der Waals surface area contributed by atoms with E-state index in [1.54, 1.807) is 0 Å². The van der Waals surface area contributed by atoms with E-state index in [0.717, 1.165) is 11.8 Å². The quantitative estimate of drug-likeness (QED) is 0.641. The monoisotopic (exact) mass is 224 g/mol. The summed E-state index contributed by atoms with van der Waals surface area (Å²) < 4.78 is 0. The van der Waals surface area contributed by atoms with Crippen LogP contribution in [0.25, 0.3) is 0 Å². The molecule has 0 nitrogen and oxygen atoms in total. The minimum absolute atomic E-state index is 1.08. The van der Waals surface area contributed by atoms with Crippen molar-refractivity contribution in [2.24, 2.45) is 0 Å². The molecule has 1 rings (SSSR count). The predicted octanol–water partition coefficient (Wildman–Crippen LogP) is 3.77. The van der Waals surface area contributed by atoms with Gasteiger partial charge in [0, 0.05) is 5.33 Å². The van der Waals surface area contributed by atoms with Crippen LogP contribution in [0.4, 0.5) is 0 Å². The second-order valence-electron chi connectivity index (χ2n) is 2.66. The summed E-state index contributed by atoms with van der Waals surface area (Å²) in [7, 11) is 0. The minimum Gasteiger partial charge on any atom is -0.0928 e. The number of alkyl halides is 1. The van der Waals surface area contributed by atoms with Gasteiger partial charge >= 0.3 is 0 Å². The fourth-order valence-corrected chi connectivity index (χ4v) is 1.32. The van der Waals surface area contributed by atoms with E-state index in [9.17, 15) is 0 Å². The first-order valence-electron chi connectivity index (χ1n) is 4.20. The van der Waals surface area contributed by atoms with E-state index < -0.39 is 0 Å². The van der Waals surface area contributed by atoms with Crippen LogP contribution >= 0.6 is 15.9 Å². The summed E-state index contributed by atoms with van der Waals surface area (Å²) in [5, 5.41) is 1.08. The molecule has 0 aromatic rings. The molecule has 0 aliphatic heterocycles. The van der Waals surface area contributed by atoms with Crippen molar-refractivity contribution in [2.75, 3.05) is 5.33 Å². The molecule has 0 unspecified atom stereocenters. The molecule has 0 fully saturated rings. The van der Waals surface area contributed by atoms with Crippen molar-refractivity contribution in [3.05, 3.63) is 48.1 Å². The summed E-state index contributed by atoms with van der Waals surface area (Å²) >= 11 is 3.43. The Morgan fingerprint density at radius 2 is 1.75 bits per heavy atom. The van der Waals surface area contributed by atoms with Crippen LogP contribution in [0.2, 0.25) is 0 Å². The molecule has 64 valence electrons. The molecule has 0 saturated heterocycles. The van der Waals surface area contributed by atoms with Crippen LogP contribution in [-0.4, -0.2) is 5.33 Å². The molecule has 0 heterocycles. The lowest BCUT2D eigenvalue weighted by molar-refractivity contribution is 0.944. The maximum absolute atomic E-state index is 3.43. The van der Waals surface area contributed by atoms with Gasteiger partial charge in [0.15, 0.2) is 0 Å². The van der Waals surface area contributed by atoms with Crippen LogP contribution in [0, 0.1) is 0 Å². The first kappa shape index (κ1) is 9.53. The van der Waals surface area contributed by atoms with Crippen molar-refractivity contribution < 1.29 is 0 Å². The second-order valence-corrected chi connectivity index (χ2v) is 3.46. The number of halogens is 1. The van der Waals surface area contributed by atoms with Crippen LogP contribution in [0.15, 0.2) is 48.1 Å². The molecule has 0 atom stereocenters. The molecular formula is C11H13Br. The molecular weight excluding hydrogens is 212 g/mol. The molecule has 0 radical (unpaired) electrons. The smallest absolute Gasteiger partial charge is 0.00344 e. The molecule has 1 aliphatic carbocycles. The zero-order valence-corrected chi connectivity index (χ0v) is 8.63. The highest BCUT2D eigenvalue weighted by Crippen LogP contribution is 2.09. The standard InChI is InChI=1S/C11H13Br/c12-10-6-9-11-7-4-2-1-3-5-8-11/h1-5,7-8H,6,9-10H2/b2-1-,3-1?,4-2?,5-3-,7-4-,8-5?,11-7?,11-8+. The zero-order valence-electron chi connectivity index (χ0n) is 7.04. The Morgan fingerprint density at radius 1 is 1.00 bits per heavy atom. The summed E-state index contributed by atoms with van der Waals surface area (Å²) in [6.07, 6.45) is 17.0. The molecule has 1 aliphatic rings. The summed E-state index contributed by atoms with van der Waals surface area (Å²) in [4.78, 5) is 0. The average Bonchev–Trinajstić information content (AvgIpc) is 2.02. The van der Waals surface area contributed by atoms with E-state index in [0.29, 0.717) is 0 Å². The Hall–Kier alpha value is -0.560. The molecule has 0 saturated carbocycles. The molecule has 0 spiro atoms. The van der Waals surface area contributed by atoms with Gasteiger partial charge < -0.3 is 0 Å². The summed E-state index contributed by atoms with van der Waals surface area (Å²) in [5.74, 6) is 0. The van der Waals surface area contributed by atoms with Crippen molar-refractivity contribution in [2.45, 2.75) is 12.8 Å². The Labute approximate surface area is 82.5 Å². The maximum Gasteiger partial charge on any atom is 0.00344 e. The normalized spacial score (nSPS) is 27.9. The van der Waals surface area contributed by atoms with Gasteiger partial charge in [-0.2, -0.15) is 0 Å². The molecule has 1 heteroatoms. The Bertz CT molecular complexity index is 231. The third-order valence-corrected chi connectivity index (χ3v) is 2.22. The van der Waals surface area contributed by atoms with Gasteiger partial charge in [0.05, 0.1) is 0 Å².